The lowest BCUT2D eigenvalue weighted by Gasteiger charge is -2.23. The van der Waals surface area contributed by atoms with E-state index in [1.54, 1.807) is 12.4 Å². The first-order valence-corrected chi connectivity index (χ1v) is 4.00. The molecule has 2 N–H and O–H groups in total. The number of hydrogen-bond acceptors (Lipinski definition) is 3. The van der Waals surface area contributed by atoms with E-state index in [0.717, 1.165) is 11.4 Å². The van der Waals surface area contributed by atoms with Crippen molar-refractivity contribution in [3.63, 3.8) is 0 Å². The van der Waals surface area contributed by atoms with Crippen molar-refractivity contribution in [3.8, 4) is 0 Å². The van der Waals surface area contributed by atoms with Gasteiger partial charge in [-0.2, -0.15) is 0 Å². The molecule has 2 heterocycles. The van der Waals surface area contributed by atoms with E-state index in [2.05, 4.69) is 9.98 Å². The fraction of sp³-hybridized carbons (Fsp3) is 0.333. The third-order valence-electron chi connectivity index (χ3n) is 2.08. The molecule has 62 valence electrons. The van der Waals surface area contributed by atoms with E-state index in [4.69, 9.17) is 5.73 Å². The Morgan fingerprint density at radius 1 is 1.50 bits per heavy atom. The largest absolute Gasteiger partial charge is 0.324 e. The van der Waals surface area contributed by atoms with Gasteiger partial charge in [-0.3, -0.25) is 9.98 Å². The zero-order valence-electron chi connectivity index (χ0n) is 6.94. The van der Waals surface area contributed by atoms with Gasteiger partial charge in [-0.1, -0.05) is 6.08 Å². The molecular formula is C9H11N3. The van der Waals surface area contributed by atoms with Crippen molar-refractivity contribution in [2.24, 2.45) is 21.6 Å². The van der Waals surface area contributed by atoms with Gasteiger partial charge in [-0.25, -0.2) is 0 Å². The van der Waals surface area contributed by atoms with Crippen LogP contribution in [0.1, 0.15) is 6.92 Å². The van der Waals surface area contributed by atoms with Crippen LogP contribution >= 0.6 is 0 Å². The van der Waals surface area contributed by atoms with Crippen LogP contribution in [0, 0.1) is 5.92 Å². The second kappa shape index (κ2) is 2.68. The monoisotopic (exact) mass is 161 g/mol. The Balaban J connectivity index is 2.38. The molecule has 0 spiro atoms. The van der Waals surface area contributed by atoms with Crippen LogP contribution in [-0.4, -0.2) is 18.0 Å². The number of rotatable bonds is 0. The van der Waals surface area contributed by atoms with E-state index < -0.39 is 0 Å². The molecule has 0 aromatic heterocycles. The Hall–Kier alpha value is -1.22. The SMILES string of the molecule is CC1=CC(N)C2C=CN=CC2=N1. The molecular weight excluding hydrogens is 150 g/mol. The van der Waals surface area contributed by atoms with Crippen LogP contribution in [0.5, 0.6) is 0 Å². The maximum absolute atomic E-state index is 5.91. The van der Waals surface area contributed by atoms with Gasteiger partial charge >= 0.3 is 0 Å². The van der Waals surface area contributed by atoms with Crippen LogP contribution in [0.4, 0.5) is 0 Å². The average Bonchev–Trinajstić information content (AvgIpc) is 2.04. The summed E-state index contributed by atoms with van der Waals surface area (Å²) >= 11 is 0. The topological polar surface area (TPSA) is 50.7 Å². The highest BCUT2D eigenvalue weighted by molar-refractivity contribution is 6.33. The van der Waals surface area contributed by atoms with Crippen molar-refractivity contribution in [3.05, 3.63) is 24.0 Å². The molecule has 0 amide bonds. The standard InChI is InChI=1S/C9H11N3/c1-6-4-8(10)7-2-3-11-5-9(7)12-6/h2-5,7-8H,10H2,1H3. The van der Waals surface area contributed by atoms with Gasteiger partial charge in [0, 0.05) is 30.1 Å². The molecule has 0 saturated heterocycles. The van der Waals surface area contributed by atoms with Crippen molar-refractivity contribution in [2.75, 3.05) is 0 Å². The van der Waals surface area contributed by atoms with Crippen molar-refractivity contribution in [2.45, 2.75) is 13.0 Å². The highest BCUT2D eigenvalue weighted by Crippen LogP contribution is 2.18. The van der Waals surface area contributed by atoms with Crippen LogP contribution < -0.4 is 5.73 Å². The number of hydrogen-bond donors (Lipinski definition) is 1. The Kier molecular flexibility index (Phi) is 1.66. The van der Waals surface area contributed by atoms with E-state index in [1.807, 2.05) is 19.1 Å². The molecule has 3 nitrogen and oxygen atoms in total. The van der Waals surface area contributed by atoms with Crippen molar-refractivity contribution < 1.29 is 0 Å². The Labute approximate surface area is 71.4 Å². The summed E-state index contributed by atoms with van der Waals surface area (Å²) < 4.78 is 0. The summed E-state index contributed by atoms with van der Waals surface area (Å²) in [6, 6.07) is 0.0560. The summed E-state index contributed by atoms with van der Waals surface area (Å²) in [5.41, 5.74) is 7.87. The van der Waals surface area contributed by atoms with E-state index in [9.17, 15) is 0 Å². The number of allylic oxidation sites excluding steroid dienone is 1. The average molecular weight is 161 g/mol. The van der Waals surface area contributed by atoms with E-state index in [0.29, 0.717) is 0 Å². The Bertz CT molecular complexity index is 310. The summed E-state index contributed by atoms with van der Waals surface area (Å²) in [4.78, 5) is 8.36. The molecule has 3 heteroatoms. The van der Waals surface area contributed by atoms with Gasteiger partial charge in [0.2, 0.25) is 0 Å². The maximum atomic E-state index is 5.91. The van der Waals surface area contributed by atoms with Crippen molar-refractivity contribution in [1.29, 1.82) is 0 Å². The summed E-state index contributed by atoms with van der Waals surface area (Å²) in [7, 11) is 0. The summed E-state index contributed by atoms with van der Waals surface area (Å²) in [6.07, 6.45) is 7.53. The normalized spacial score (nSPS) is 32.5. The first kappa shape index (κ1) is 7.43. The molecule has 2 rings (SSSR count). The summed E-state index contributed by atoms with van der Waals surface area (Å²) in [5.74, 6) is 0.228. The van der Waals surface area contributed by atoms with Crippen LogP contribution in [0.25, 0.3) is 0 Å². The molecule has 2 unspecified atom stereocenters. The molecule has 2 aliphatic heterocycles. The highest BCUT2D eigenvalue weighted by Gasteiger charge is 2.23. The minimum atomic E-state index is 0.0560. The Morgan fingerprint density at radius 3 is 3.17 bits per heavy atom. The zero-order valence-corrected chi connectivity index (χ0v) is 6.94. The van der Waals surface area contributed by atoms with Gasteiger partial charge in [-0.15, -0.1) is 0 Å². The quantitative estimate of drug-likeness (QED) is 0.563. The summed E-state index contributed by atoms with van der Waals surface area (Å²) in [5, 5.41) is 0. The number of nitrogens with zero attached hydrogens (tertiary/aromatic N) is 2. The lowest BCUT2D eigenvalue weighted by molar-refractivity contribution is 0.707. The van der Waals surface area contributed by atoms with E-state index >= 15 is 0 Å². The third kappa shape index (κ3) is 1.12. The zero-order chi connectivity index (χ0) is 8.55. The van der Waals surface area contributed by atoms with E-state index in [1.165, 1.54) is 0 Å². The highest BCUT2D eigenvalue weighted by atomic mass is 14.8. The van der Waals surface area contributed by atoms with Crippen LogP contribution in [0.3, 0.4) is 0 Å². The number of nitrogens with two attached hydrogens (primary N) is 1. The first-order valence-electron chi connectivity index (χ1n) is 4.00. The fourth-order valence-corrected chi connectivity index (χ4v) is 1.50. The summed E-state index contributed by atoms with van der Waals surface area (Å²) in [6.45, 7) is 1.95. The second-order valence-corrected chi connectivity index (χ2v) is 3.07. The molecule has 0 radical (unpaired) electrons. The lowest BCUT2D eigenvalue weighted by atomic mass is 9.91. The molecule has 0 bridgehead atoms. The van der Waals surface area contributed by atoms with Gasteiger partial charge in [0.05, 0.1) is 5.71 Å². The Morgan fingerprint density at radius 2 is 2.33 bits per heavy atom. The molecule has 0 aromatic rings. The van der Waals surface area contributed by atoms with Gasteiger partial charge < -0.3 is 5.73 Å². The van der Waals surface area contributed by atoms with Gasteiger partial charge in [-0.05, 0) is 13.0 Å². The first-order chi connectivity index (χ1) is 5.77. The minimum Gasteiger partial charge on any atom is -0.324 e. The number of aliphatic imine (C=N–C) groups is 2. The molecule has 0 fully saturated rings. The molecule has 0 aromatic carbocycles. The van der Waals surface area contributed by atoms with Crippen molar-refractivity contribution in [1.82, 2.24) is 0 Å². The van der Waals surface area contributed by atoms with Crippen LogP contribution in [-0.2, 0) is 0 Å². The molecule has 0 saturated carbocycles. The van der Waals surface area contributed by atoms with Crippen LogP contribution in [0.2, 0.25) is 0 Å². The van der Waals surface area contributed by atoms with Crippen molar-refractivity contribution >= 4 is 11.9 Å². The fourth-order valence-electron chi connectivity index (χ4n) is 1.50. The molecule has 12 heavy (non-hydrogen) atoms. The van der Waals surface area contributed by atoms with E-state index in [-0.39, 0.29) is 12.0 Å². The molecule has 2 aliphatic rings. The van der Waals surface area contributed by atoms with Gasteiger partial charge in [0.1, 0.15) is 0 Å². The predicted octanol–water partition coefficient (Wildman–Crippen LogP) is 0.886. The van der Waals surface area contributed by atoms with Crippen LogP contribution in [0.15, 0.2) is 34.0 Å². The maximum Gasteiger partial charge on any atom is 0.0677 e. The minimum absolute atomic E-state index is 0.0560. The van der Waals surface area contributed by atoms with Gasteiger partial charge in [0.15, 0.2) is 0 Å². The molecule has 2 atom stereocenters. The smallest absolute Gasteiger partial charge is 0.0677 e. The number of fused-ring (bicyclic) bond motifs is 1. The van der Waals surface area contributed by atoms with Gasteiger partial charge in [0.25, 0.3) is 0 Å². The third-order valence-corrected chi connectivity index (χ3v) is 2.08. The second-order valence-electron chi connectivity index (χ2n) is 3.07. The molecule has 0 aliphatic carbocycles. The lowest BCUT2D eigenvalue weighted by Crippen LogP contribution is -2.36. The predicted molar refractivity (Wildman–Crippen MR) is 50.3 cm³/mol.